The fourth-order valence-electron chi connectivity index (χ4n) is 4.94. The lowest BCUT2D eigenvalue weighted by Crippen LogP contribution is -2.44. The van der Waals surface area contributed by atoms with E-state index in [-0.39, 0.29) is 18.4 Å². The van der Waals surface area contributed by atoms with Crippen molar-refractivity contribution in [2.75, 3.05) is 11.9 Å². The minimum Gasteiger partial charge on any atom is -0.329 e. The van der Waals surface area contributed by atoms with Gasteiger partial charge < -0.3 is 10.2 Å². The summed E-state index contributed by atoms with van der Waals surface area (Å²) >= 11 is 3.32. The van der Waals surface area contributed by atoms with Gasteiger partial charge in [0.05, 0.1) is 11.2 Å². The Balaban J connectivity index is 1.45. The van der Waals surface area contributed by atoms with Gasteiger partial charge in [-0.2, -0.15) is 5.10 Å². The zero-order chi connectivity index (χ0) is 27.7. The monoisotopic (exact) mass is 605 g/mol. The number of rotatable bonds is 7. The average molecular weight is 606 g/mol. The molecule has 4 aromatic rings. The average Bonchev–Trinajstić information content (AvgIpc) is 3.54. The van der Waals surface area contributed by atoms with Gasteiger partial charge in [-0.05, 0) is 89.7 Å². The summed E-state index contributed by atoms with van der Waals surface area (Å²) in [4.78, 5) is 41.3. The largest absolute Gasteiger partial charge is 0.329 e. The molecule has 0 saturated carbocycles. The second-order valence-electron chi connectivity index (χ2n) is 9.62. The van der Waals surface area contributed by atoms with Gasteiger partial charge in [0.1, 0.15) is 28.8 Å². The molecule has 1 saturated heterocycles. The minimum atomic E-state index is -0.560. The molecule has 2 unspecified atom stereocenters. The molecule has 9 nitrogen and oxygen atoms in total. The molecule has 3 aromatic heterocycles. The molecule has 11 heteroatoms. The highest BCUT2D eigenvalue weighted by Gasteiger charge is 2.34. The Morgan fingerprint density at radius 2 is 1.97 bits per heavy atom. The third kappa shape index (κ3) is 5.63. The Morgan fingerprint density at radius 1 is 1.21 bits per heavy atom. The van der Waals surface area contributed by atoms with Gasteiger partial charge in [0.25, 0.3) is 0 Å². The van der Waals surface area contributed by atoms with E-state index in [2.05, 4.69) is 64.2 Å². The molecule has 200 valence electrons. The zero-order valence-electron chi connectivity index (χ0n) is 21.8. The summed E-state index contributed by atoms with van der Waals surface area (Å²) in [6, 6.07) is 8.89. The maximum absolute atomic E-state index is 13.6. The Morgan fingerprint density at radius 3 is 2.67 bits per heavy atom. The zero-order valence-corrected chi connectivity index (χ0v) is 24.6. The molecule has 2 atom stereocenters. The van der Waals surface area contributed by atoms with E-state index >= 15 is 0 Å². The molecule has 1 aliphatic heterocycles. The van der Waals surface area contributed by atoms with Crippen LogP contribution in [-0.2, 0) is 22.3 Å². The Bertz CT molecular complexity index is 1590. The number of hydrogen-bond donors (Lipinski definition) is 1. The molecule has 0 radical (unpaired) electrons. The third-order valence-electron chi connectivity index (χ3n) is 6.79. The molecule has 5 rings (SSSR count). The van der Waals surface area contributed by atoms with Gasteiger partial charge in [-0.15, -0.1) is 9.24 Å². The first-order chi connectivity index (χ1) is 18.7. The standard InChI is InChI=1S/C28H29BrN7O2P/c1-16(2)26-21-11-18(20-12-30-17(3)31-13-20)10-19(15-39)27(21)36(34-26)14-25(37)35-9-5-6-22(35)28(38)33-24-8-4-7-23(29)32-24/h4,7-8,10-13,22H,1,5-6,9,14-15,39H2,2-3H3,(H,32,33,38). The van der Waals surface area contributed by atoms with E-state index in [1.807, 2.05) is 26.2 Å². The summed E-state index contributed by atoms with van der Waals surface area (Å²) in [7, 11) is 2.77. The third-order valence-corrected chi connectivity index (χ3v) is 7.67. The van der Waals surface area contributed by atoms with Crippen molar-refractivity contribution in [1.29, 1.82) is 0 Å². The fourth-order valence-corrected chi connectivity index (χ4v) is 5.60. The first-order valence-electron chi connectivity index (χ1n) is 12.7. The van der Waals surface area contributed by atoms with Crippen molar-refractivity contribution in [3.63, 3.8) is 0 Å². The first-order valence-corrected chi connectivity index (χ1v) is 14.3. The van der Waals surface area contributed by atoms with E-state index in [1.165, 1.54) is 0 Å². The van der Waals surface area contributed by atoms with Crippen LogP contribution >= 0.6 is 25.2 Å². The molecule has 0 spiro atoms. The van der Waals surface area contributed by atoms with Gasteiger partial charge in [-0.25, -0.2) is 15.0 Å². The van der Waals surface area contributed by atoms with Crippen molar-refractivity contribution >= 4 is 59.3 Å². The number of fused-ring (bicyclic) bond motifs is 1. The number of pyridine rings is 1. The lowest BCUT2D eigenvalue weighted by Gasteiger charge is -2.24. The number of aryl methyl sites for hydroxylation is 1. The number of amides is 2. The number of aromatic nitrogens is 5. The molecule has 0 aliphatic carbocycles. The molecule has 1 aromatic carbocycles. The van der Waals surface area contributed by atoms with Crippen LogP contribution in [0, 0.1) is 6.92 Å². The molecule has 4 heterocycles. The molecular weight excluding hydrogens is 577 g/mol. The van der Waals surface area contributed by atoms with Gasteiger partial charge in [0.2, 0.25) is 11.8 Å². The van der Waals surface area contributed by atoms with Gasteiger partial charge >= 0.3 is 0 Å². The topological polar surface area (TPSA) is 106 Å². The van der Waals surface area contributed by atoms with Gasteiger partial charge in [-0.1, -0.05) is 12.6 Å². The fraction of sp³-hybridized carbons (Fsp3) is 0.286. The molecule has 1 aliphatic rings. The smallest absolute Gasteiger partial charge is 0.248 e. The van der Waals surface area contributed by atoms with E-state index < -0.39 is 6.04 Å². The summed E-state index contributed by atoms with van der Waals surface area (Å²) in [6.07, 6.45) is 5.65. The van der Waals surface area contributed by atoms with Crippen LogP contribution < -0.4 is 5.32 Å². The molecule has 2 amide bonds. The lowest BCUT2D eigenvalue weighted by atomic mass is 10.0. The summed E-state index contributed by atoms with van der Waals surface area (Å²) in [5, 5.41) is 8.58. The Hall–Kier alpha value is -3.49. The van der Waals surface area contributed by atoms with Crippen LogP contribution in [0.5, 0.6) is 0 Å². The van der Waals surface area contributed by atoms with Gasteiger partial charge in [-0.3, -0.25) is 14.3 Å². The van der Waals surface area contributed by atoms with Crippen molar-refractivity contribution in [2.24, 2.45) is 0 Å². The van der Waals surface area contributed by atoms with Crippen LogP contribution in [0.2, 0.25) is 0 Å². The van der Waals surface area contributed by atoms with Crippen LogP contribution in [0.4, 0.5) is 5.82 Å². The minimum absolute atomic E-state index is 0.0212. The van der Waals surface area contributed by atoms with Crippen molar-refractivity contribution in [1.82, 2.24) is 29.6 Å². The van der Waals surface area contributed by atoms with Crippen molar-refractivity contribution in [3.05, 3.63) is 71.0 Å². The van der Waals surface area contributed by atoms with E-state index in [0.717, 1.165) is 45.3 Å². The van der Waals surface area contributed by atoms with Crippen LogP contribution in [0.1, 0.15) is 36.8 Å². The second kappa shape index (κ2) is 11.3. The van der Waals surface area contributed by atoms with E-state index in [9.17, 15) is 9.59 Å². The summed E-state index contributed by atoms with van der Waals surface area (Å²) in [6.45, 7) is 8.44. The second-order valence-corrected chi connectivity index (χ2v) is 10.8. The summed E-state index contributed by atoms with van der Waals surface area (Å²) in [5.74, 6) is 0.757. The van der Waals surface area contributed by atoms with Crippen LogP contribution in [0.15, 0.2) is 53.9 Å². The number of anilines is 1. The van der Waals surface area contributed by atoms with Gasteiger partial charge in [0, 0.05) is 29.9 Å². The number of nitrogens with one attached hydrogen (secondary N) is 1. The molecule has 1 fully saturated rings. The van der Waals surface area contributed by atoms with Crippen LogP contribution in [0.3, 0.4) is 0 Å². The summed E-state index contributed by atoms with van der Waals surface area (Å²) < 4.78 is 2.38. The SMILES string of the molecule is C=C(C)c1nn(CC(=O)N2CCCC2C(=O)Nc2cccc(Br)n2)c2c(CP)cc(-c3cnc(C)nc3)cc12. The highest BCUT2D eigenvalue weighted by atomic mass is 79.9. The predicted molar refractivity (Wildman–Crippen MR) is 159 cm³/mol. The van der Waals surface area contributed by atoms with E-state index in [1.54, 1.807) is 27.8 Å². The number of carbonyl (C=O) groups is 2. The maximum Gasteiger partial charge on any atom is 0.248 e. The normalized spacial score (nSPS) is 15.1. The van der Waals surface area contributed by atoms with Crippen molar-refractivity contribution in [3.8, 4) is 11.1 Å². The number of nitrogens with zero attached hydrogens (tertiary/aromatic N) is 6. The van der Waals surface area contributed by atoms with Crippen LogP contribution in [-0.4, -0.2) is 54.0 Å². The summed E-state index contributed by atoms with van der Waals surface area (Å²) in [5.41, 5.74) is 5.33. The van der Waals surface area contributed by atoms with E-state index in [0.29, 0.717) is 35.4 Å². The molecule has 39 heavy (non-hydrogen) atoms. The van der Waals surface area contributed by atoms with Crippen molar-refractivity contribution < 1.29 is 9.59 Å². The highest BCUT2D eigenvalue weighted by molar-refractivity contribution is 9.10. The Kier molecular flexibility index (Phi) is 7.86. The number of hydrogen-bond acceptors (Lipinski definition) is 6. The highest BCUT2D eigenvalue weighted by Crippen LogP contribution is 2.33. The number of carbonyl (C=O) groups excluding carboxylic acids is 2. The van der Waals surface area contributed by atoms with Crippen molar-refractivity contribution in [2.45, 2.75) is 45.4 Å². The quantitative estimate of drug-likeness (QED) is 0.235. The maximum atomic E-state index is 13.6. The van der Waals surface area contributed by atoms with E-state index in [4.69, 9.17) is 5.10 Å². The molecule has 0 bridgehead atoms. The first kappa shape index (κ1) is 27.1. The number of benzene rings is 1. The molecular formula is C28H29BrN7O2P. The van der Waals surface area contributed by atoms with Gasteiger partial charge in [0.15, 0.2) is 0 Å². The number of halogens is 1. The Labute approximate surface area is 237 Å². The predicted octanol–water partition coefficient (Wildman–Crippen LogP) is 5.00. The number of allylic oxidation sites excluding steroid dienone is 1. The lowest BCUT2D eigenvalue weighted by molar-refractivity contribution is -0.137. The van der Waals surface area contributed by atoms with Crippen LogP contribution in [0.25, 0.3) is 27.6 Å². The molecule has 1 N–H and O–H groups in total. The number of likely N-dealkylation sites (tertiary alicyclic amines) is 1.